The lowest BCUT2D eigenvalue weighted by molar-refractivity contribution is -0.145. The Morgan fingerprint density at radius 1 is 1.25 bits per heavy atom. The summed E-state index contributed by atoms with van der Waals surface area (Å²) in [5.74, 6) is 0.515. The van der Waals surface area contributed by atoms with E-state index in [1.165, 1.54) is 0 Å². The quantitative estimate of drug-likeness (QED) is 0.802. The summed E-state index contributed by atoms with van der Waals surface area (Å²) in [4.78, 5) is 26.5. The number of piperidine rings is 2. The maximum Gasteiger partial charge on any atom is 0.228 e. The first-order valence-corrected chi connectivity index (χ1v) is 7.84. The molecule has 0 atom stereocenters. The van der Waals surface area contributed by atoms with Crippen molar-refractivity contribution in [1.82, 2.24) is 15.5 Å². The highest BCUT2D eigenvalue weighted by atomic mass is 16.2. The molecule has 0 aromatic carbocycles. The minimum Gasteiger partial charge on any atom is -0.356 e. The molecule has 2 aliphatic heterocycles. The van der Waals surface area contributed by atoms with Crippen LogP contribution in [-0.4, -0.2) is 49.4 Å². The fourth-order valence-electron chi connectivity index (χ4n) is 3.24. The van der Waals surface area contributed by atoms with Crippen LogP contribution in [0.1, 0.15) is 39.5 Å². The lowest BCUT2D eigenvalue weighted by atomic mass is 9.79. The van der Waals surface area contributed by atoms with E-state index in [2.05, 4.69) is 17.6 Å². The van der Waals surface area contributed by atoms with E-state index in [4.69, 9.17) is 0 Å². The first-order chi connectivity index (χ1) is 9.57. The van der Waals surface area contributed by atoms with Crippen LogP contribution >= 0.6 is 0 Å². The third-order valence-corrected chi connectivity index (χ3v) is 4.73. The summed E-state index contributed by atoms with van der Waals surface area (Å²) in [7, 11) is 0. The highest BCUT2D eigenvalue weighted by Crippen LogP contribution is 2.32. The largest absolute Gasteiger partial charge is 0.356 e. The van der Waals surface area contributed by atoms with Crippen LogP contribution in [0.3, 0.4) is 0 Å². The predicted octanol–water partition coefficient (Wildman–Crippen LogP) is 0.751. The second kappa shape index (κ2) is 6.57. The Labute approximate surface area is 121 Å². The van der Waals surface area contributed by atoms with E-state index in [-0.39, 0.29) is 23.1 Å². The Morgan fingerprint density at radius 3 is 2.40 bits per heavy atom. The average Bonchev–Trinajstić information content (AvgIpc) is 2.48. The second-order valence-electron chi connectivity index (χ2n) is 6.27. The first kappa shape index (κ1) is 15.3. The molecular formula is C15H27N3O2. The highest BCUT2D eigenvalue weighted by molar-refractivity contribution is 5.83. The van der Waals surface area contributed by atoms with Crippen LogP contribution in [-0.2, 0) is 9.59 Å². The summed E-state index contributed by atoms with van der Waals surface area (Å²) in [6.45, 7) is 8.02. The van der Waals surface area contributed by atoms with Crippen LogP contribution in [0.2, 0.25) is 0 Å². The fraction of sp³-hybridized carbons (Fsp3) is 0.867. The molecule has 0 saturated carbocycles. The van der Waals surface area contributed by atoms with Gasteiger partial charge in [-0.3, -0.25) is 9.59 Å². The van der Waals surface area contributed by atoms with Gasteiger partial charge in [-0.2, -0.15) is 0 Å². The molecule has 2 rings (SSSR count). The molecule has 20 heavy (non-hydrogen) atoms. The van der Waals surface area contributed by atoms with Crippen molar-refractivity contribution in [2.24, 2.45) is 11.3 Å². The fourth-order valence-corrected chi connectivity index (χ4v) is 3.24. The molecule has 0 radical (unpaired) electrons. The molecule has 2 saturated heterocycles. The predicted molar refractivity (Wildman–Crippen MR) is 78.2 cm³/mol. The lowest BCUT2D eigenvalue weighted by Gasteiger charge is -2.40. The maximum absolute atomic E-state index is 12.7. The van der Waals surface area contributed by atoms with E-state index in [1.807, 2.05) is 11.8 Å². The van der Waals surface area contributed by atoms with Gasteiger partial charge in [0.05, 0.1) is 0 Å². The van der Waals surface area contributed by atoms with Crippen molar-refractivity contribution in [1.29, 1.82) is 0 Å². The van der Waals surface area contributed by atoms with Crippen LogP contribution in [0.4, 0.5) is 0 Å². The number of carbonyl (C=O) groups excluding carboxylic acids is 2. The molecule has 0 aromatic rings. The van der Waals surface area contributed by atoms with E-state index in [9.17, 15) is 9.59 Å². The molecule has 2 fully saturated rings. The minimum absolute atomic E-state index is 0.0832. The zero-order valence-corrected chi connectivity index (χ0v) is 12.7. The first-order valence-electron chi connectivity index (χ1n) is 7.84. The zero-order chi connectivity index (χ0) is 14.6. The van der Waals surface area contributed by atoms with Crippen LogP contribution in [0.5, 0.6) is 0 Å². The van der Waals surface area contributed by atoms with Crippen molar-refractivity contribution in [3.63, 3.8) is 0 Å². The van der Waals surface area contributed by atoms with E-state index < -0.39 is 0 Å². The third-order valence-electron chi connectivity index (χ3n) is 4.73. The molecule has 0 bridgehead atoms. The lowest BCUT2D eigenvalue weighted by Crippen LogP contribution is -2.51. The van der Waals surface area contributed by atoms with Crippen LogP contribution in [0, 0.1) is 11.3 Å². The smallest absolute Gasteiger partial charge is 0.228 e. The Morgan fingerprint density at radius 2 is 1.85 bits per heavy atom. The molecule has 2 aliphatic rings. The van der Waals surface area contributed by atoms with Crippen LogP contribution < -0.4 is 10.6 Å². The van der Waals surface area contributed by atoms with Crippen molar-refractivity contribution in [2.75, 3.05) is 32.7 Å². The summed E-state index contributed by atoms with van der Waals surface area (Å²) in [6, 6.07) is 0. The monoisotopic (exact) mass is 281 g/mol. The number of hydrogen-bond donors (Lipinski definition) is 2. The Bertz CT molecular complexity index is 356. The molecule has 0 aliphatic carbocycles. The number of carbonyl (C=O) groups is 2. The van der Waals surface area contributed by atoms with Crippen LogP contribution in [0.15, 0.2) is 0 Å². The maximum atomic E-state index is 12.7. The molecule has 5 heteroatoms. The highest BCUT2D eigenvalue weighted by Gasteiger charge is 2.39. The normalized spacial score (nSPS) is 23.4. The Balaban J connectivity index is 1.87. The van der Waals surface area contributed by atoms with E-state index in [1.54, 1.807) is 0 Å². The van der Waals surface area contributed by atoms with Gasteiger partial charge in [-0.15, -0.1) is 0 Å². The molecule has 2 amide bonds. The number of hydrogen-bond acceptors (Lipinski definition) is 3. The minimum atomic E-state index is -0.205. The SMILES string of the molecule is CCNC(=O)C1CCN(C(=O)C2(C)CCNCC2)CC1. The number of likely N-dealkylation sites (tertiary alicyclic amines) is 1. The van der Waals surface area contributed by atoms with Gasteiger partial charge in [0.15, 0.2) is 0 Å². The van der Waals surface area contributed by atoms with Gasteiger partial charge in [0.2, 0.25) is 11.8 Å². The van der Waals surface area contributed by atoms with Crippen molar-refractivity contribution in [3.05, 3.63) is 0 Å². The second-order valence-corrected chi connectivity index (χ2v) is 6.27. The molecule has 114 valence electrons. The number of nitrogens with one attached hydrogen (secondary N) is 2. The third kappa shape index (κ3) is 3.32. The van der Waals surface area contributed by atoms with Gasteiger partial charge in [-0.1, -0.05) is 6.92 Å². The van der Waals surface area contributed by atoms with Gasteiger partial charge < -0.3 is 15.5 Å². The van der Waals surface area contributed by atoms with Gasteiger partial charge in [-0.25, -0.2) is 0 Å². The Hall–Kier alpha value is -1.10. The standard InChI is InChI=1S/C15H27N3O2/c1-3-17-13(19)12-4-10-18(11-5-12)14(20)15(2)6-8-16-9-7-15/h12,16H,3-11H2,1-2H3,(H,17,19). The molecule has 5 nitrogen and oxygen atoms in total. The number of amides is 2. The van der Waals surface area contributed by atoms with Crippen molar-refractivity contribution in [2.45, 2.75) is 39.5 Å². The van der Waals surface area contributed by atoms with E-state index in [0.29, 0.717) is 6.54 Å². The van der Waals surface area contributed by atoms with Gasteiger partial charge in [0, 0.05) is 31.0 Å². The van der Waals surface area contributed by atoms with E-state index >= 15 is 0 Å². The topological polar surface area (TPSA) is 61.4 Å². The molecule has 2 N–H and O–H groups in total. The number of rotatable bonds is 3. The van der Waals surface area contributed by atoms with Gasteiger partial charge in [0.1, 0.15) is 0 Å². The summed E-state index contributed by atoms with van der Waals surface area (Å²) < 4.78 is 0. The molecule has 0 aromatic heterocycles. The van der Waals surface area contributed by atoms with Crippen molar-refractivity contribution >= 4 is 11.8 Å². The summed E-state index contributed by atoms with van der Waals surface area (Å²) in [6.07, 6.45) is 3.43. The average molecular weight is 281 g/mol. The summed E-state index contributed by atoms with van der Waals surface area (Å²) >= 11 is 0. The van der Waals surface area contributed by atoms with Gasteiger partial charge in [-0.05, 0) is 45.7 Å². The molecule has 2 heterocycles. The van der Waals surface area contributed by atoms with Gasteiger partial charge in [0.25, 0.3) is 0 Å². The van der Waals surface area contributed by atoms with Crippen molar-refractivity contribution in [3.8, 4) is 0 Å². The molecule has 0 spiro atoms. The Kier molecular flexibility index (Phi) is 5.02. The van der Waals surface area contributed by atoms with Gasteiger partial charge >= 0.3 is 0 Å². The zero-order valence-electron chi connectivity index (χ0n) is 12.7. The molecule has 0 unspecified atom stereocenters. The number of nitrogens with zero attached hydrogens (tertiary/aromatic N) is 1. The summed E-state index contributed by atoms with van der Waals surface area (Å²) in [5.41, 5.74) is -0.205. The van der Waals surface area contributed by atoms with Crippen molar-refractivity contribution < 1.29 is 9.59 Å². The van der Waals surface area contributed by atoms with Crippen LogP contribution in [0.25, 0.3) is 0 Å². The molecular weight excluding hydrogens is 254 g/mol. The summed E-state index contributed by atoms with van der Waals surface area (Å²) in [5, 5.41) is 6.19. The van der Waals surface area contributed by atoms with E-state index in [0.717, 1.165) is 51.9 Å².